The van der Waals surface area contributed by atoms with E-state index in [2.05, 4.69) is 103 Å². The Balaban J connectivity index is 1.31. The van der Waals surface area contributed by atoms with Crippen LogP contribution in [0.25, 0.3) is 0 Å². The predicted molar refractivity (Wildman–Crippen MR) is 159 cm³/mol. The van der Waals surface area contributed by atoms with Gasteiger partial charge in [0.1, 0.15) is 12.2 Å². The standard InChI is InChI=1S/C33H34O3S2/c1-5-13-26(14-6-1)21-34-24-30-31(35-22-27-15-7-2-8-16-27)32(36-23-28-17-9-3-10-18-28)33(38-30)37-25-29-19-11-4-12-20-29/h1-20,30-33H,21-25H2/t30-,31-,32+,33?/m1/s1. The molecule has 0 aromatic heterocycles. The average molecular weight is 543 g/mol. The first-order valence-electron chi connectivity index (χ1n) is 13.1. The Kier molecular flexibility index (Phi) is 10.4. The topological polar surface area (TPSA) is 27.7 Å². The van der Waals surface area contributed by atoms with Crippen molar-refractivity contribution in [1.29, 1.82) is 0 Å². The summed E-state index contributed by atoms with van der Waals surface area (Å²) in [6, 6.07) is 41.8. The van der Waals surface area contributed by atoms with Gasteiger partial charge < -0.3 is 14.2 Å². The number of ether oxygens (including phenoxy) is 3. The lowest BCUT2D eigenvalue weighted by molar-refractivity contribution is -0.0793. The van der Waals surface area contributed by atoms with E-state index in [0.29, 0.717) is 26.4 Å². The van der Waals surface area contributed by atoms with Crippen LogP contribution in [0, 0.1) is 0 Å². The maximum Gasteiger partial charge on any atom is 0.106 e. The second-order valence-corrected chi connectivity index (χ2v) is 12.2. The summed E-state index contributed by atoms with van der Waals surface area (Å²) in [6.07, 6.45) is -0.129. The lowest BCUT2D eigenvalue weighted by Crippen LogP contribution is -2.38. The Bertz CT molecular complexity index is 1190. The van der Waals surface area contributed by atoms with Crippen LogP contribution >= 0.6 is 23.5 Å². The molecule has 1 saturated heterocycles. The van der Waals surface area contributed by atoms with Gasteiger partial charge in [-0.3, -0.25) is 0 Å². The number of rotatable bonds is 13. The van der Waals surface area contributed by atoms with E-state index in [1.165, 1.54) is 22.3 Å². The van der Waals surface area contributed by atoms with E-state index in [0.717, 1.165) is 5.75 Å². The third-order valence-electron chi connectivity index (χ3n) is 6.49. The summed E-state index contributed by atoms with van der Waals surface area (Å²) in [5.41, 5.74) is 4.85. The van der Waals surface area contributed by atoms with Crippen molar-refractivity contribution >= 4 is 23.5 Å². The molecule has 0 amide bonds. The molecule has 4 aromatic rings. The van der Waals surface area contributed by atoms with Gasteiger partial charge in [0.05, 0.1) is 36.3 Å². The molecule has 1 fully saturated rings. The quantitative estimate of drug-likeness (QED) is 0.172. The first-order chi connectivity index (χ1) is 18.8. The lowest BCUT2D eigenvalue weighted by Gasteiger charge is -2.26. The maximum absolute atomic E-state index is 6.66. The zero-order valence-electron chi connectivity index (χ0n) is 21.4. The van der Waals surface area contributed by atoms with Crippen LogP contribution in [0.2, 0.25) is 0 Å². The van der Waals surface area contributed by atoms with E-state index in [1.54, 1.807) is 0 Å². The van der Waals surface area contributed by atoms with Gasteiger partial charge in [-0.1, -0.05) is 121 Å². The van der Waals surface area contributed by atoms with Crippen molar-refractivity contribution in [2.45, 2.75) is 47.6 Å². The van der Waals surface area contributed by atoms with Gasteiger partial charge in [-0.15, -0.1) is 23.5 Å². The van der Waals surface area contributed by atoms with E-state index < -0.39 is 0 Å². The van der Waals surface area contributed by atoms with Gasteiger partial charge in [0.25, 0.3) is 0 Å². The number of thioether (sulfide) groups is 2. The van der Waals surface area contributed by atoms with Crippen molar-refractivity contribution in [1.82, 2.24) is 0 Å². The molecule has 196 valence electrons. The zero-order valence-corrected chi connectivity index (χ0v) is 23.1. The van der Waals surface area contributed by atoms with Crippen LogP contribution in [0.5, 0.6) is 0 Å². The Labute approximate surface area is 234 Å². The monoisotopic (exact) mass is 542 g/mol. The fraction of sp³-hybridized carbons (Fsp3) is 0.273. The highest BCUT2D eigenvalue weighted by Crippen LogP contribution is 2.45. The molecule has 0 radical (unpaired) electrons. The second kappa shape index (κ2) is 14.6. The Hall–Kier alpha value is -2.54. The third-order valence-corrected chi connectivity index (χ3v) is 9.62. The van der Waals surface area contributed by atoms with Crippen molar-refractivity contribution in [2.24, 2.45) is 0 Å². The van der Waals surface area contributed by atoms with Crippen molar-refractivity contribution in [3.05, 3.63) is 144 Å². The summed E-state index contributed by atoms with van der Waals surface area (Å²) < 4.78 is 19.8. The molecule has 4 atom stereocenters. The fourth-order valence-electron chi connectivity index (χ4n) is 4.49. The molecule has 0 N–H and O–H groups in total. The Morgan fingerprint density at radius 2 is 0.974 bits per heavy atom. The van der Waals surface area contributed by atoms with Gasteiger partial charge in [0, 0.05) is 5.75 Å². The minimum Gasteiger partial charge on any atom is -0.376 e. The Morgan fingerprint density at radius 3 is 1.50 bits per heavy atom. The summed E-state index contributed by atoms with van der Waals surface area (Å²) in [7, 11) is 0. The van der Waals surface area contributed by atoms with Crippen LogP contribution in [0.1, 0.15) is 22.3 Å². The van der Waals surface area contributed by atoms with Crippen LogP contribution in [-0.4, -0.2) is 28.6 Å². The van der Waals surface area contributed by atoms with Crippen LogP contribution < -0.4 is 0 Å². The maximum atomic E-state index is 6.66. The molecule has 3 nitrogen and oxygen atoms in total. The molecule has 1 unspecified atom stereocenters. The van der Waals surface area contributed by atoms with Crippen LogP contribution in [0.3, 0.4) is 0 Å². The van der Waals surface area contributed by atoms with Crippen LogP contribution in [0.15, 0.2) is 121 Å². The van der Waals surface area contributed by atoms with Crippen molar-refractivity contribution < 1.29 is 14.2 Å². The summed E-state index contributed by atoms with van der Waals surface area (Å²) in [4.78, 5) is 0. The molecule has 38 heavy (non-hydrogen) atoms. The minimum absolute atomic E-state index is 0.0528. The van der Waals surface area contributed by atoms with E-state index in [4.69, 9.17) is 14.2 Å². The minimum atomic E-state index is -0.0760. The average Bonchev–Trinajstić information content (AvgIpc) is 3.32. The molecule has 1 heterocycles. The highest BCUT2D eigenvalue weighted by Gasteiger charge is 2.46. The highest BCUT2D eigenvalue weighted by atomic mass is 32.2. The summed E-state index contributed by atoms with van der Waals surface area (Å²) >= 11 is 3.88. The molecular formula is C33H34O3S2. The van der Waals surface area contributed by atoms with E-state index in [1.807, 2.05) is 41.7 Å². The molecule has 5 rings (SSSR count). The first-order valence-corrected chi connectivity index (χ1v) is 15.1. The van der Waals surface area contributed by atoms with Crippen molar-refractivity contribution in [3.63, 3.8) is 0 Å². The van der Waals surface area contributed by atoms with Crippen LogP contribution in [0.4, 0.5) is 0 Å². The smallest absolute Gasteiger partial charge is 0.106 e. The summed E-state index contributed by atoms with van der Waals surface area (Å²) in [5, 5.41) is 0.177. The van der Waals surface area contributed by atoms with Gasteiger partial charge in [-0.25, -0.2) is 0 Å². The SMILES string of the molecule is c1ccc(COC[C@H]2SC(SCc3ccccc3)[C@@H](OCc3ccccc3)[C@@H]2OCc2ccccc2)cc1. The predicted octanol–water partition coefficient (Wildman–Crippen LogP) is 7.75. The molecule has 0 aliphatic carbocycles. The van der Waals surface area contributed by atoms with Gasteiger partial charge in [0.15, 0.2) is 0 Å². The van der Waals surface area contributed by atoms with Gasteiger partial charge in [0.2, 0.25) is 0 Å². The first kappa shape index (κ1) is 27.0. The molecule has 0 saturated carbocycles. The largest absolute Gasteiger partial charge is 0.376 e. The molecule has 1 aliphatic heterocycles. The van der Waals surface area contributed by atoms with Crippen molar-refractivity contribution in [2.75, 3.05) is 6.61 Å². The number of benzene rings is 4. The molecule has 0 spiro atoms. The third kappa shape index (κ3) is 7.98. The van der Waals surface area contributed by atoms with E-state index in [-0.39, 0.29) is 22.0 Å². The van der Waals surface area contributed by atoms with Crippen LogP contribution in [-0.2, 0) is 39.8 Å². The van der Waals surface area contributed by atoms with E-state index in [9.17, 15) is 0 Å². The second-order valence-electron chi connectivity index (χ2n) is 9.36. The molecular weight excluding hydrogens is 508 g/mol. The number of hydrogen-bond acceptors (Lipinski definition) is 5. The molecule has 4 aromatic carbocycles. The van der Waals surface area contributed by atoms with E-state index >= 15 is 0 Å². The van der Waals surface area contributed by atoms with Gasteiger partial charge in [-0.2, -0.15) is 0 Å². The van der Waals surface area contributed by atoms with Gasteiger partial charge >= 0.3 is 0 Å². The molecule has 1 aliphatic rings. The summed E-state index contributed by atoms with van der Waals surface area (Å²) in [6.45, 7) is 2.34. The molecule has 0 bridgehead atoms. The van der Waals surface area contributed by atoms with Crippen molar-refractivity contribution in [3.8, 4) is 0 Å². The summed E-state index contributed by atoms with van der Waals surface area (Å²) in [5.74, 6) is 0.937. The fourth-order valence-corrected chi connectivity index (χ4v) is 7.71. The highest BCUT2D eigenvalue weighted by molar-refractivity contribution is 8.17. The number of hydrogen-bond donors (Lipinski definition) is 0. The Morgan fingerprint density at radius 1 is 0.526 bits per heavy atom. The normalized spacial score (nSPS) is 20.9. The lowest BCUT2D eigenvalue weighted by atomic mass is 10.1. The molecule has 5 heteroatoms. The zero-order chi connectivity index (χ0) is 25.8. The van der Waals surface area contributed by atoms with Gasteiger partial charge in [-0.05, 0) is 22.3 Å².